The first-order valence-corrected chi connectivity index (χ1v) is 6.15. The summed E-state index contributed by atoms with van der Waals surface area (Å²) >= 11 is 0. The molecule has 0 radical (unpaired) electrons. The van der Waals surface area contributed by atoms with E-state index in [1.807, 2.05) is 43.5 Å². The Morgan fingerprint density at radius 3 is 2.82 bits per heavy atom. The lowest BCUT2D eigenvalue weighted by Gasteiger charge is -2.31. The summed E-state index contributed by atoms with van der Waals surface area (Å²) in [5.41, 5.74) is 0.493. The van der Waals surface area contributed by atoms with Crippen molar-refractivity contribution in [2.75, 3.05) is 6.54 Å². The van der Waals surface area contributed by atoms with Gasteiger partial charge in [-0.15, -0.1) is 0 Å². The first-order chi connectivity index (χ1) is 8.27. The van der Waals surface area contributed by atoms with E-state index in [9.17, 15) is 4.79 Å². The lowest BCUT2D eigenvalue weighted by atomic mass is 9.87. The maximum absolute atomic E-state index is 11.9. The predicted octanol–water partition coefficient (Wildman–Crippen LogP) is 2.16. The number of carbonyl (C=O) groups is 1. The second kappa shape index (κ2) is 5.13. The predicted molar refractivity (Wildman–Crippen MR) is 69.3 cm³/mol. The molecule has 1 heterocycles. The summed E-state index contributed by atoms with van der Waals surface area (Å²) in [5.74, 6) is 0.0680. The van der Waals surface area contributed by atoms with Crippen LogP contribution < -0.4 is 5.32 Å². The topological polar surface area (TPSA) is 41.5 Å². The molecular weight excluding hydrogens is 212 g/mol. The second-order valence-electron chi connectivity index (χ2n) is 4.41. The number of rotatable bonds is 3. The number of hydrogen-bond acceptors (Lipinski definition) is 2. The zero-order valence-electron chi connectivity index (χ0n) is 10.1. The van der Waals surface area contributed by atoms with E-state index in [-0.39, 0.29) is 5.91 Å². The first-order valence-electron chi connectivity index (χ1n) is 6.15. The summed E-state index contributed by atoms with van der Waals surface area (Å²) in [7, 11) is 0. The Hall–Kier alpha value is -1.64. The van der Waals surface area contributed by atoms with Gasteiger partial charge < -0.3 is 5.32 Å². The van der Waals surface area contributed by atoms with E-state index in [1.54, 1.807) is 0 Å². The van der Waals surface area contributed by atoms with E-state index in [4.69, 9.17) is 0 Å². The van der Waals surface area contributed by atoms with E-state index in [0.717, 1.165) is 31.4 Å². The third-order valence-electron chi connectivity index (χ3n) is 3.32. The fourth-order valence-corrected chi connectivity index (χ4v) is 2.15. The Morgan fingerprint density at radius 1 is 1.41 bits per heavy atom. The van der Waals surface area contributed by atoms with Gasteiger partial charge in [0.2, 0.25) is 5.91 Å². The zero-order valence-corrected chi connectivity index (χ0v) is 10.1. The van der Waals surface area contributed by atoms with Crippen LogP contribution in [0.4, 0.5) is 0 Å². The number of amides is 1. The summed E-state index contributed by atoms with van der Waals surface area (Å²) in [6.45, 7) is 2.80. The minimum atomic E-state index is -0.548. The monoisotopic (exact) mass is 230 g/mol. The van der Waals surface area contributed by atoms with Gasteiger partial charge in [-0.3, -0.25) is 9.79 Å². The molecule has 1 aromatic rings. The summed E-state index contributed by atoms with van der Waals surface area (Å²) in [6, 6.07) is 9.91. The quantitative estimate of drug-likeness (QED) is 0.794. The van der Waals surface area contributed by atoms with E-state index in [2.05, 4.69) is 10.3 Å². The summed E-state index contributed by atoms with van der Waals surface area (Å²) in [6.07, 6.45) is 4.42. The number of benzene rings is 1. The molecule has 90 valence electrons. The van der Waals surface area contributed by atoms with Crippen molar-refractivity contribution >= 4 is 12.1 Å². The molecule has 1 aliphatic heterocycles. The Labute approximate surface area is 102 Å². The zero-order chi connectivity index (χ0) is 12.1. The van der Waals surface area contributed by atoms with Crippen LogP contribution in [-0.4, -0.2) is 24.2 Å². The van der Waals surface area contributed by atoms with Crippen LogP contribution in [0, 0.1) is 0 Å². The van der Waals surface area contributed by atoms with E-state index in [0.29, 0.717) is 0 Å². The molecule has 0 unspecified atom stereocenters. The van der Waals surface area contributed by atoms with Crippen molar-refractivity contribution < 1.29 is 4.79 Å². The van der Waals surface area contributed by atoms with Gasteiger partial charge in [0.1, 0.15) is 5.54 Å². The van der Waals surface area contributed by atoms with Gasteiger partial charge in [0.15, 0.2) is 0 Å². The molecule has 3 nitrogen and oxygen atoms in total. The van der Waals surface area contributed by atoms with Crippen molar-refractivity contribution in [1.29, 1.82) is 0 Å². The SMILES string of the molecule is CC[C@@]1(N=Cc2ccccc2)CCCNC1=O. The highest BCUT2D eigenvalue weighted by molar-refractivity contribution is 5.90. The molecular formula is C14H18N2O. The first kappa shape index (κ1) is 11.8. The maximum atomic E-state index is 11.9. The molecule has 3 heteroatoms. The standard InChI is InChI=1S/C14H18N2O/c1-2-14(9-6-10-15-13(14)17)16-11-12-7-4-3-5-8-12/h3-5,7-8,11H,2,6,9-10H2,1H3,(H,15,17)/t14-/m1/s1. The summed E-state index contributed by atoms with van der Waals surface area (Å²) in [5, 5.41) is 2.91. The van der Waals surface area contributed by atoms with Crippen molar-refractivity contribution in [3.05, 3.63) is 35.9 Å². The van der Waals surface area contributed by atoms with Gasteiger partial charge in [0, 0.05) is 12.8 Å². The van der Waals surface area contributed by atoms with Gasteiger partial charge in [-0.25, -0.2) is 0 Å². The van der Waals surface area contributed by atoms with Crippen LogP contribution in [-0.2, 0) is 4.79 Å². The Kier molecular flexibility index (Phi) is 3.57. The van der Waals surface area contributed by atoms with Crippen LogP contribution in [0.15, 0.2) is 35.3 Å². The summed E-state index contributed by atoms with van der Waals surface area (Å²) < 4.78 is 0. The van der Waals surface area contributed by atoms with Gasteiger partial charge >= 0.3 is 0 Å². The van der Waals surface area contributed by atoms with Gasteiger partial charge in [0.05, 0.1) is 0 Å². The van der Waals surface area contributed by atoms with Crippen LogP contribution in [0.25, 0.3) is 0 Å². The molecule has 1 amide bonds. The number of aliphatic imine (C=N–C) groups is 1. The molecule has 1 saturated heterocycles. The second-order valence-corrected chi connectivity index (χ2v) is 4.41. The van der Waals surface area contributed by atoms with E-state index in [1.165, 1.54) is 0 Å². The molecule has 1 N–H and O–H groups in total. The highest BCUT2D eigenvalue weighted by Gasteiger charge is 2.37. The third kappa shape index (κ3) is 2.54. The molecule has 0 saturated carbocycles. The van der Waals surface area contributed by atoms with Crippen molar-refractivity contribution in [1.82, 2.24) is 5.32 Å². The highest BCUT2D eigenvalue weighted by atomic mass is 16.2. The van der Waals surface area contributed by atoms with E-state index < -0.39 is 5.54 Å². The Morgan fingerprint density at radius 2 is 2.18 bits per heavy atom. The molecule has 1 aromatic carbocycles. The Bertz CT molecular complexity index is 413. The molecule has 2 rings (SSSR count). The van der Waals surface area contributed by atoms with Gasteiger partial charge in [-0.2, -0.15) is 0 Å². The number of hydrogen-bond donors (Lipinski definition) is 1. The Balaban J connectivity index is 2.19. The van der Waals surface area contributed by atoms with Crippen LogP contribution >= 0.6 is 0 Å². The van der Waals surface area contributed by atoms with Gasteiger partial charge in [-0.1, -0.05) is 37.3 Å². The smallest absolute Gasteiger partial charge is 0.247 e. The number of nitrogens with one attached hydrogen (secondary N) is 1. The number of nitrogens with zero attached hydrogens (tertiary/aromatic N) is 1. The van der Waals surface area contributed by atoms with E-state index >= 15 is 0 Å². The largest absolute Gasteiger partial charge is 0.354 e. The average Bonchev–Trinajstić information content (AvgIpc) is 2.39. The van der Waals surface area contributed by atoms with Gasteiger partial charge in [0.25, 0.3) is 0 Å². The molecule has 1 aliphatic rings. The van der Waals surface area contributed by atoms with Crippen LogP contribution in [0.5, 0.6) is 0 Å². The molecule has 0 aromatic heterocycles. The lowest BCUT2D eigenvalue weighted by Crippen LogP contribution is -2.49. The van der Waals surface area contributed by atoms with Crippen molar-refractivity contribution in [3.63, 3.8) is 0 Å². The fraction of sp³-hybridized carbons (Fsp3) is 0.429. The molecule has 0 aliphatic carbocycles. The molecule has 1 atom stereocenters. The van der Waals surface area contributed by atoms with Gasteiger partial charge in [-0.05, 0) is 24.8 Å². The highest BCUT2D eigenvalue weighted by Crippen LogP contribution is 2.25. The molecule has 0 bridgehead atoms. The van der Waals surface area contributed by atoms with Crippen LogP contribution in [0.2, 0.25) is 0 Å². The minimum Gasteiger partial charge on any atom is -0.354 e. The molecule has 17 heavy (non-hydrogen) atoms. The van der Waals surface area contributed by atoms with Crippen molar-refractivity contribution in [2.24, 2.45) is 4.99 Å². The summed E-state index contributed by atoms with van der Waals surface area (Å²) in [4.78, 5) is 16.5. The molecule has 1 fully saturated rings. The van der Waals surface area contributed by atoms with Crippen molar-refractivity contribution in [2.45, 2.75) is 31.7 Å². The fourth-order valence-electron chi connectivity index (χ4n) is 2.15. The lowest BCUT2D eigenvalue weighted by molar-refractivity contribution is -0.128. The van der Waals surface area contributed by atoms with Crippen LogP contribution in [0.3, 0.4) is 0 Å². The van der Waals surface area contributed by atoms with Crippen molar-refractivity contribution in [3.8, 4) is 0 Å². The number of carbonyl (C=O) groups excluding carboxylic acids is 1. The minimum absolute atomic E-state index is 0.0680. The normalized spacial score (nSPS) is 24.9. The van der Waals surface area contributed by atoms with Crippen LogP contribution in [0.1, 0.15) is 31.7 Å². The molecule has 0 spiro atoms. The maximum Gasteiger partial charge on any atom is 0.247 e. The number of piperidine rings is 1. The third-order valence-corrected chi connectivity index (χ3v) is 3.32. The average molecular weight is 230 g/mol.